The Morgan fingerprint density at radius 2 is 1.55 bits per heavy atom. The monoisotopic (exact) mass is 315 g/mol. The summed E-state index contributed by atoms with van der Waals surface area (Å²) in [6.07, 6.45) is 4.35. The fourth-order valence-electron chi connectivity index (χ4n) is 2.06. The van der Waals surface area contributed by atoms with Crippen LogP contribution in [0.15, 0.2) is 12.2 Å². The predicted molar refractivity (Wildman–Crippen MR) is 95.0 cm³/mol. The lowest BCUT2D eigenvalue weighted by Crippen LogP contribution is -2.49. The van der Waals surface area contributed by atoms with Crippen molar-refractivity contribution < 1.29 is 14.3 Å². The van der Waals surface area contributed by atoms with Crippen molar-refractivity contribution in [2.45, 2.75) is 74.0 Å². The first-order valence-electron chi connectivity index (χ1n) is 8.26. The molecule has 0 aromatic carbocycles. The van der Waals surface area contributed by atoms with Crippen molar-refractivity contribution in [3.05, 3.63) is 12.2 Å². The number of hydrogen-bond donors (Lipinski definition) is 0. The fraction of sp³-hybridized carbons (Fsp3) is 0.778. The Morgan fingerprint density at radius 1 is 1.09 bits per heavy atom. The number of rotatable bonds is 7. The number of likely N-dealkylation sites (N-methyl/N-ethyl adjacent to an activating group) is 1. The van der Waals surface area contributed by atoms with E-state index in [0.717, 1.165) is 6.42 Å². The number of carbonyl (C=O) groups excluding carboxylic acids is 2. The van der Waals surface area contributed by atoms with Gasteiger partial charge in [-0.25, -0.2) is 0 Å². The number of allylic oxidation sites excluding steroid dienone is 2. The van der Waals surface area contributed by atoms with Gasteiger partial charge in [0.1, 0.15) is 12.1 Å². The maximum atomic E-state index is 11.7. The molecule has 0 N–H and O–H groups in total. The summed E-state index contributed by atoms with van der Waals surface area (Å²) in [6.45, 7) is 14.8. The summed E-state index contributed by atoms with van der Waals surface area (Å²) in [7, 11) is 3.65. The second-order valence-electron chi connectivity index (χ2n) is 4.88. The molecule has 0 spiro atoms. The molecule has 0 aliphatic rings. The lowest BCUT2D eigenvalue weighted by Gasteiger charge is -2.33. The Kier molecular flexibility index (Phi) is 19.0. The molecule has 0 aliphatic heterocycles. The van der Waals surface area contributed by atoms with Crippen LogP contribution in [0.5, 0.6) is 0 Å². The van der Waals surface area contributed by atoms with E-state index < -0.39 is 12.1 Å². The van der Waals surface area contributed by atoms with Gasteiger partial charge in [0.2, 0.25) is 0 Å². The molecule has 0 saturated carbocycles. The van der Waals surface area contributed by atoms with Gasteiger partial charge in [-0.15, -0.1) is 0 Å². The zero-order valence-electron chi connectivity index (χ0n) is 16.3. The summed E-state index contributed by atoms with van der Waals surface area (Å²) in [5.74, 6) is -0.236. The summed E-state index contributed by atoms with van der Waals surface area (Å²) in [5, 5.41) is 0. The van der Waals surface area contributed by atoms with E-state index in [2.05, 4.69) is 0 Å². The molecule has 3 atom stereocenters. The highest BCUT2D eigenvalue weighted by molar-refractivity contribution is 5.82. The minimum atomic E-state index is -0.411. The molecule has 132 valence electrons. The molecule has 4 heteroatoms. The van der Waals surface area contributed by atoms with Crippen molar-refractivity contribution in [2.24, 2.45) is 5.92 Å². The second kappa shape index (κ2) is 16.2. The topological polar surface area (TPSA) is 46.6 Å². The zero-order chi connectivity index (χ0) is 18.3. The summed E-state index contributed by atoms with van der Waals surface area (Å²) in [4.78, 5) is 24.8. The van der Waals surface area contributed by atoms with Gasteiger partial charge in [0.05, 0.1) is 0 Å². The molecule has 0 amide bonds. The first kappa shape index (κ1) is 25.8. The molecule has 4 nitrogen and oxygen atoms in total. The minimum Gasteiger partial charge on any atom is -0.460 e. The van der Waals surface area contributed by atoms with E-state index in [-0.39, 0.29) is 17.7 Å². The van der Waals surface area contributed by atoms with Crippen LogP contribution in [0.3, 0.4) is 0 Å². The first-order chi connectivity index (χ1) is 10.3. The van der Waals surface area contributed by atoms with Crippen molar-refractivity contribution in [2.75, 3.05) is 14.1 Å². The molecular weight excluding hydrogens is 278 g/mol. The Labute approximate surface area is 137 Å². The number of ketones is 1. The number of esters is 1. The largest absolute Gasteiger partial charge is 0.460 e. The third-order valence-corrected chi connectivity index (χ3v) is 2.89. The van der Waals surface area contributed by atoms with Gasteiger partial charge < -0.3 is 4.74 Å². The van der Waals surface area contributed by atoms with E-state index in [0.29, 0.717) is 0 Å². The van der Waals surface area contributed by atoms with Crippen LogP contribution in [0.25, 0.3) is 0 Å². The normalized spacial score (nSPS) is 14.1. The van der Waals surface area contributed by atoms with Crippen LogP contribution in [0.1, 0.15) is 61.8 Å². The van der Waals surface area contributed by atoms with Crippen molar-refractivity contribution in [3.63, 3.8) is 0 Å². The van der Waals surface area contributed by atoms with Gasteiger partial charge in [-0.2, -0.15) is 0 Å². The van der Waals surface area contributed by atoms with E-state index in [1.54, 1.807) is 0 Å². The number of hydrogen-bond acceptors (Lipinski definition) is 4. The van der Waals surface area contributed by atoms with E-state index in [4.69, 9.17) is 4.74 Å². The van der Waals surface area contributed by atoms with Gasteiger partial charge in [0, 0.05) is 6.92 Å². The van der Waals surface area contributed by atoms with Crippen LogP contribution in [-0.2, 0) is 14.3 Å². The molecule has 1 unspecified atom stereocenters. The Bertz CT molecular complexity index is 311. The summed E-state index contributed by atoms with van der Waals surface area (Å²) in [6, 6.07) is -0.394. The van der Waals surface area contributed by atoms with Crippen LogP contribution >= 0.6 is 0 Å². The van der Waals surface area contributed by atoms with Crippen LogP contribution in [0.2, 0.25) is 0 Å². The van der Waals surface area contributed by atoms with Crippen LogP contribution in [0, 0.1) is 5.92 Å². The Hall–Kier alpha value is -1.16. The lowest BCUT2D eigenvalue weighted by molar-refractivity contribution is -0.154. The van der Waals surface area contributed by atoms with Gasteiger partial charge in [0.25, 0.3) is 0 Å². The molecule has 0 bridgehead atoms. The highest BCUT2D eigenvalue weighted by Gasteiger charge is 2.33. The molecule has 0 aromatic heterocycles. The zero-order valence-corrected chi connectivity index (χ0v) is 16.3. The van der Waals surface area contributed by atoms with Crippen LogP contribution in [0.4, 0.5) is 0 Å². The summed E-state index contributed by atoms with van der Waals surface area (Å²) < 4.78 is 5.36. The Balaban J connectivity index is -0.000000826. The van der Waals surface area contributed by atoms with Gasteiger partial charge in [-0.05, 0) is 40.3 Å². The third kappa shape index (κ3) is 11.5. The van der Waals surface area contributed by atoms with Gasteiger partial charge in [0.15, 0.2) is 5.78 Å². The quantitative estimate of drug-likeness (QED) is 0.524. The minimum absolute atomic E-state index is 0.0126. The molecule has 0 radical (unpaired) electrons. The maximum absolute atomic E-state index is 11.7. The molecular formula is C18H37NO3. The number of carbonyl (C=O) groups is 2. The number of Topliss-reactive ketones (excluding diaryl/α,β-unsaturated/α-hetero) is 1. The Morgan fingerprint density at radius 3 is 1.82 bits per heavy atom. The van der Waals surface area contributed by atoms with Crippen molar-refractivity contribution in [1.82, 2.24) is 4.90 Å². The summed E-state index contributed by atoms with van der Waals surface area (Å²) >= 11 is 0. The van der Waals surface area contributed by atoms with Gasteiger partial charge in [-0.1, -0.05) is 46.8 Å². The van der Waals surface area contributed by atoms with Crippen molar-refractivity contribution in [1.29, 1.82) is 0 Å². The average Bonchev–Trinajstić information content (AvgIpc) is 2.47. The maximum Gasteiger partial charge on any atom is 0.302 e. The molecule has 0 aromatic rings. The molecule has 22 heavy (non-hydrogen) atoms. The third-order valence-electron chi connectivity index (χ3n) is 2.89. The molecule has 0 saturated heterocycles. The predicted octanol–water partition coefficient (Wildman–Crippen LogP) is 4.09. The van der Waals surface area contributed by atoms with Crippen LogP contribution < -0.4 is 0 Å². The van der Waals surface area contributed by atoms with Crippen molar-refractivity contribution in [3.8, 4) is 0 Å². The average molecular weight is 315 g/mol. The molecule has 0 aliphatic carbocycles. The number of ether oxygens (including phenoxy) is 1. The van der Waals surface area contributed by atoms with E-state index in [9.17, 15) is 9.59 Å². The van der Waals surface area contributed by atoms with Gasteiger partial charge >= 0.3 is 5.97 Å². The first-order valence-corrected chi connectivity index (χ1v) is 8.26. The molecule has 0 rings (SSSR count). The van der Waals surface area contributed by atoms with Gasteiger partial charge in [-0.3, -0.25) is 14.5 Å². The highest BCUT2D eigenvalue weighted by atomic mass is 16.5. The van der Waals surface area contributed by atoms with E-state index in [1.807, 2.05) is 72.7 Å². The van der Waals surface area contributed by atoms with Crippen LogP contribution in [-0.4, -0.2) is 42.9 Å². The SMILES string of the molecule is C/C=C\C[C@@H](C)C(OC(C)=O)[C@@H](C(C)=O)N(C)C.CC.CC. The van der Waals surface area contributed by atoms with E-state index in [1.165, 1.54) is 13.8 Å². The molecule has 0 fully saturated rings. The smallest absolute Gasteiger partial charge is 0.302 e. The van der Waals surface area contributed by atoms with Crippen molar-refractivity contribution >= 4 is 11.8 Å². The molecule has 0 heterocycles. The number of nitrogens with zero attached hydrogens (tertiary/aromatic N) is 1. The van der Waals surface area contributed by atoms with E-state index >= 15 is 0 Å². The summed E-state index contributed by atoms with van der Waals surface area (Å²) in [5.41, 5.74) is 0. The fourth-order valence-corrected chi connectivity index (χ4v) is 2.06. The highest BCUT2D eigenvalue weighted by Crippen LogP contribution is 2.20. The lowest BCUT2D eigenvalue weighted by atomic mass is 9.91. The standard InChI is InChI=1S/C14H25NO3.2C2H6/c1-7-8-9-10(2)14(18-12(4)17)13(11(3)16)15(5)6;2*1-2/h7-8,10,13-14H,9H2,1-6H3;2*1-2H3/b8-7-;;/t10-,13-,14?;;/m1../s1. The second-order valence-corrected chi connectivity index (χ2v) is 4.88.